The van der Waals surface area contributed by atoms with Gasteiger partial charge in [0.15, 0.2) is 0 Å². The first-order valence-electron chi connectivity index (χ1n) is 6.36. The van der Waals surface area contributed by atoms with Gasteiger partial charge in [-0.05, 0) is 31.7 Å². The van der Waals surface area contributed by atoms with Gasteiger partial charge in [-0.1, -0.05) is 6.92 Å². The Morgan fingerprint density at radius 2 is 2.38 bits per heavy atom. The highest BCUT2D eigenvalue weighted by Crippen LogP contribution is 2.16. The maximum atomic E-state index is 11.8. The first kappa shape index (κ1) is 11.9. The molecule has 16 heavy (non-hydrogen) atoms. The van der Waals surface area contributed by atoms with Crippen molar-refractivity contribution in [2.24, 2.45) is 11.8 Å². The molecule has 0 aromatic rings. The maximum absolute atomic E-state index is 11.8. The number of nitrogens with one attached hydrogen (secondary N) is 2. The molecule has 0 aliphatic carbocycles. The van der Waals surface area contributed by atoms with Crippen molar-refractivity contribution in [3.8, 4) is 0 Å². The molecule has 2 saturated heterocycles. The van der Waals surface area contributed by atoms with Gasteiger partial charge >= 0.3 is 0 Å². The molecule has 0 spiro atoms. The van der Waals surface area contributed by atoms with Crippen molar-refractivity contribution in [2.45, 2.75) is 32.2 Å². The maximum Gasteiger partial charge on any atom is 0.225 e. The lowest BCUT2D eigenvalue weighted by Crippen LogP contribution is -2.48. The lowest BCUT2D eigenvalue weighted by molar-refractivity contribution is -0.125. The Balaban J connectivity index is 1.71. The summed E-state index contributed by atoms with van der Waals surface area (Å²) in [5.41, 5.74) is 0. The van der Waals surface area contributed by atoms with E-state index in [1.54, 1.807) is 0 Å². The van der Waals surface area contributed by atoms with Crippen LogP contribution in [-0.4, -0.2) is 38.3 Å². The number of amides is 1. The van der Waals surface area contributed by atoms with E-state index in [1.165, 1.54) is 12.8 Å². The van der Waals surface area contributed by atoms with Gasteiger partial charge in [0, 0.05) is 19.2 Å². The van der Waals surface area contributed by atoms with Crippen LogP contribution in [0.3, 0.4) is 0 Å². The van der Waals surface area contributed by atoms with Gasteiger partial charge in [-0.25, -0.2) is 0 Å². The Morgan fingerprint density at radius 3 is 3.06 bits per heavy atom. The summed E-state index contributed by atoms with van der Waals surface area (Å²) in [5.74, 6) is 0.907. The second kappa shape index (κ2) is 5.64. The van der Waals surface area contributed by atoms with E-state index in [9.17, 15) is 4.79 Å². The number of piperidine rings is 1. The second-order valence-electron chi connectivity index (χ2n) is 4.99. The number of ether oxygens (including phenoxy) is 1. The summed E-state index contributed by atoms with van der Waals surface area (Å²) in [7, 11) is 0. The van der Waals surface area contributed by atoms with Crippen LogP contribution in [0.2, 0.25) is 0 Å². The third-order valence-corrected chi connectivity index (χ3v) is 3.73. The van der Waals surface area contributed by atoms with E-state index in [0.717, 1.165) is 26.1 Å². The first-order valence-corrected chi connectivity index (χ1v) is 6.36. The molecule has 0 bridgehead atoms. The van der Waals surface area contributed by atoms with Crippen LogP contribution in [0, 0.1) is 11.8 Å². The molecule has 1 amide bonds. The van der Waals surface area contributed by atoms with Gasteiger partial charge in [0.25, 0.3) is 0 Å². The molecular weight excluding hydrogens is 204 g/mol. The molecule has 0 saturated carbocycles. The largest absolute Gasteiger partial charge is 0.381 e. The second-order valence-corrected chi connectivity index (χ2v) is 4.99. The zero-order chi connectivity index (χ0) is 11.4. The monoisotopic (exact) mass is 226 g/mol. The molecule has 2 N–H and O–H groups in total. The number of hydrogen-bond donors (Lipinski definition) is 2. The van der Waals surface area contributed by atoms with Crippen molar-refractivity contribution >= 4 is 5.91 Å². The van der Waals surface area contributed by atoms with Crippen molar-refractivity contribution in [2.75, 3.05) is 26.3 Å². The van der Waals surface area contributed by atoms with E-state index in [0.29, 0.717) is 18.6 Å². The van der Waals surface area contributed by atoms with Gasteiger partial charge in [-0.15, -0.1) is 0 Å². The molecule has 2 fully saturated rings. The van der Waals surface area contributed by atoms with Crippen molar-refractivity contribution in [1.29, 1.82) is 0 Å². The number of hydrogen-bond acceptors (Lipinski definition) is 3. The molecule has 2 heterocycles. The minimum Gasteiger partial charge on any atom is -0.381 e. The van der Waals surface area contributed by atoms with E-state index < -0.39 is 0 Å². The zero-order valence-corrected chi connectivity index (χ0v) is 10.00. The standard InChI is InChI=1S/C12H22N2O2/c1-9-3-2-5-13-11(9)7-14-12(15)10-4-6-16-8-10/h9-11,13H,2-8H2,1H3,(H,14,15). The summed E-state index contributed by atoms with van der Waals surface area (Å²) in [5, 5.41) is 6.51. The molecule has 92 valence electrons. The zero-order valence-electron chi connectivity index (χ0n) is 10.00. The van der Waals surface area contributed by atoms with Gasteiger partial charge in [-0.3, -0.25) is 4.79 Å². The van der Waals surface area contributed by atoms with Crippen LogP contribution in [0.4, 0.5) is 0 Å². The van der Waals surface area contributed by atoms with Crippen molar-refractivity contribution in [3.63, 3.8) is 0 Å². The molecule has 0 aromatic heterocycles. The molecule has 3 unspecified atom stereocenters. The molecule has 0 radical (unpaired) electrons. The van der Waals surface area contributed by atoms with Gasteiger partial charge < -0.3 is 15.4 Å². The predicted octanol–water partition coefficient (Wildman–Crippen LogP) is 0.527. The smallest absolute Gasteiger partial charge is 0.225 e. The van der Waals surface area contributed by atoms with E-state index in [2.05, 4.69) is 17.6 Å². The molecule has 0 aromatic carbocycles. The SMILES string of the molecule is CC1CCCNC1CNC(=O)C1CCOC1. The summed E-state index contributed by atoms with van der Waals surface area (Å²) < 4.78 is 5.21. The number of carbonyl (C=O) groups excluding carboxylic acids is 1. The number of rotatable bonds is 3. The lowest BCUT2D eigenvalue weighted by Gasteiger charge is -2.30. The van der Waals surface area contributed by atoms with Crippen LogP contribution >= 0.6 is 0 Å². The lowest BCUT2D eigenvalue weighted by atomic mass is 9.92. The van der Waals surface area contributed by atoms with Crippen LogP contribution in [0.1, 0.15) is 26.2 Å². The average molecular weight is 226 g/mol. The van der Waals surface area contributed by atoms with Crippen molar-refractivity contribution in [1.82, 2.24) is 10.6 Å². The Labute approximate surface area is 97.1 Å². The Hall–Kier alpha value is -0.610. The van der Waals surface area contributed by atoms with Crippen LogP contribution in [-0.2, 0) is 9.53 Å². The van der Waals surface area contributed by atoms with E-state index >= 15 is 0 Å². The third-order valence-electron chi connectivity index (χ3n) is 3.73. The van der Waals surface area contributed by atoms with Gasteiger partial charge in [0.05, 0.1) is 12.5 Å². The van der Waals surface area contributed by atoms with Crippen molar-refractivity contribution < 1.29 is 9.53 Å². The van der Waals surface area contributed by atoms with Crippen LogP contribution in [0.5, 0.6) is 0 Å². The van der Waals surface area contributed by atoms with Crippen LogP contribution in [0.25, 0.3) is 0 Å². The van der Waals surface area contributed by atoms with Crippen molar-refractivity contribution in [3.05, 3.63) is 0 Å². The molecule has 2 aliphatic heterocycles. The van der Waals surface area contributed by atoms with Crippen LogP contribution in [0.15, 0.2) is 0 Å². The minimum absolute atomic E-state index is 0.0823. The van der Waals surface area contributed by atoms with Crippen LogP contribution < -0.4 is 10.6 Å². The minimum atomic E-state index is 0.0823. The quantitative estimate of drug-likeness (QED) is 0.738. The third kappa shape index (κ3) is 2.95. The van der Waals surface area contributed by atoms with E-state index in [1.807, 2.05) is 0 Å². The first-order chi connectivity index (χ1) is 7.77. The Kier molecular flexibility index (Phi) is 4.18. The fourth-order valence-corrected chi connectivity index (χ4v) is 2.48. The normalized spacial score (nSPS) is 34.9. The predicted molar refractivity (Wildman–Crippen MR) is 62.1 cm³/mol. The summed E-state index contributed by atoms with van der Waals surface area (Å²) in [6, 6.07) is 0.444. The van der Waals surface area contributed by atoms with E-state index in [-0.39, 0.29) is 11.8 Å². The average Bonchev–Trinajstić information content (AvgIpc) is 2.81. The van der Waals surface area contributed by atoms with Gasteiger partial charge in [-0.2, -0.15) is 0 Å². The Bertz CT molecular complexity index is 239. The summed E-state index contributed by atoms with van der Waals surface area (Å²) >= 11 is 0. The van der Waals surface area contributed by atoms with Gasteiger partial charge in [0.1, 0.15) is 0 Å². The summed E-state index contributed by atoms with van der Waals surface area (Å²) in [6.07, 6.45) is 3.39. The summed E-state index contributed by atoms with van der Waals surface area (Å²) in [6.45, 7) is 5.42. The molecule has 2 aliphatic rings. The molecule has 4 nitrogen and oxygen atoms in total. The fraction of sp³-hybridized carbons (Fsp3) is 0.917. The summed E-state index contributed by atoms with van der Waals surface area (Å²) in [4.78, 5) is 11.8. The highest BCUT2D eigenvalue weighted by Gasteiger charge is 2.25. The molecule has 3 atom stereocenters. The molecular formula is C12H22N2O2. The number of carbonyl (C=O) groups is 1. The highest BCUT2D eigenvalue weighted by molar-refractivity contribution is 5.79. The molecule has 2 rings (SSSR count). The molecule has 4 heteroatoms. The Morgan fingerprint density at radius 1 is 1.50 bits per heavy atom. The van der Waals surface area contributed by atoms with E-state index in [4.69, 9.17) is 4.74 Å². The fourth-order valence-electron chi connectivity index (χ4n) is 2.48. The van der Waals surface area contributed by atoms with Gasteiger partial charge in [0.2, 0.25) is 5.91 Å². The topological polar surface area (TPSA) is 50.4 Å². The highest BCUT2D eigenvalue weighted by atomic mass is 16.5.